The fraction of sp³-hybridized carbons (Fsp3) is 0.725. The third kappa shape index (κ3) is 46.8. The van der Waals surface area contributed by atoms with Gasteiger partial charge in [0, 0.05) is 12.8 Å². The van der Waals surface area contributed by atoms with E-state index < -0.39 is 26.5 Å². The number of esters is 2. The van der Waals surface area contributed by atoms with E-state index in [0.717, 1.165) is 96.3 Å². The fourth-order valence-corrected chi connectivity index (χ4v) is 6.95. The number of carbonyl (C=O) groups is 2. The highest BCUT2D eigenvalue weighted by molar-refractivity contribution is 7.47. The van der Waals surface area contributed by atoms with Crippen molar-refractivity contribution < 1.29 is 42.1 Å². The van der Waals surface area contributed by atoms with Crippen molar-refractivity contribution in [3.8, 4) is 0 Å². The van der Waals surface area contributed by atoms with Gasteiger partial charge in [-0.25, -0.2) is 4.57 Å². The maximum absolute atomic E-state index is 12.7. The van der Waals surface area contributed by atoms with Crippen LogP contribution < -0.4 is 0 Å². The van der Waals surface area contributed by atoms with Gasteiger partial charge in [0.15, 0.2) is 6.10 Å². The minimum Gasteiger partial charge on any atom is -0.462 e. The van der Waals surface area contributed by atoms with Gasteiger partial charge >= 0.3 is 19.8 Å². The number of carbonyl (C=O) groups excluding carboxylic acids is 2. The Labute approximate surface area is 374 Å². The Morgan fingerprint density at radius 2 is 0.934 bits per heavy atom. The summed E-state index contributed by atoms with van der Waals surface area (Å²) < 4.78 is 34.4. The molecule has 0 fully saturated rings. The van der Waals surface area contributed by atoms with Gasteiger partial charge < -0.3 is 18.9 Å². The number of hydrogen-bond acceptors (Lipinski definition) is 7. The molecule has 10 heteroatoms. The van der Waals surface area contributed by atoms with E-state index in [9.17, 15) is 19.0 Å². The van der Waals surface area contributed by atoms with Crippen molar-refractivity contribution >= 4 is 19.8 Å². The van der Waals surface area contributed by atoms with Crippen LogP contribution in [0.4, 0.5) is 0 Å². The maximum Gasteiger partial charge on any atom is 0.472 e. The van der Waals surface area contributed by atoms with Gasteiger partial charge in [-0.15, -0.1) is 0 Å². The summed E-state index contributed by atoms with van der Waals surface area (Å²) in [6.45, 7) is 4.26. The van der Waals surface area contributed by atoms with E-state index in [-0.39, 0.29) is 32.0 Å². The van der Waals surface area contributed by atoms with Gasteiger partial charge in [0.05, 0.1) is 27.7 Å². The van der Waals surface area contributed by atoms with Crippen LogP contribution >= 0.6 is 7.82 Å². The molecule has 0 spiro atoms. The molecule has 0 aliphatic heterocycles. The molecule has 0 aromatic carbocycles. The lowest BCUT2D eigenvalue weighted by Crippen LogP contribution is -2.37. The molecule has 61 heavy (non-hydrogen) atoms. The molecule has 0 aromatic rings. The predicted octanol–water partition coefficient (Wildman–Crippen LogP) is 14.2. The van der Waals surface area contributed by atoms with Gasteiger partial charge in [-0.2, -0.15) is 0 Å². The molecule has 0 heterocycles. The number of allylic oxidation sites excluding steroid dienone is 12. The molecule has 2 unspecified atom stereocenters. The number of ether oxygens (including phenoxy) is 2. The highest BCUT2D eigenvalue weighted by Gasteiger charge is 2.27. The van der Waals surface area contributed by atoms with E-state index in [0.29, 0.717) is 17.4 Å². The van der Waals surface area contributed by atoms with Gasteiger partial charge in [0.25, 0.3) is 0 Å². The smallest absolute Gasteiger partial charge is 0.462 e. The van der Waals surface area contributed by atoms with E-state index in [1.807, 2.05) is 21.1 Å². The molecular weight excluding hydrogens is 786 g/mol. The topological polar surface area (TPSA) is 108 Å². The zero-order valence-electron chi connectivity index (χ0n) is 39.6. The van der Waals surface area contributed by atoms with E-state index in [1.54, 1.807) is 0 Å². The summed E-state index contributed by atoms with van der Waals surface area (Å²) in [5.41, 5.74) is 0. The van der Waals surface area contributed by atoms with Crippen molar-refractivity contribution in [3.05, 3.63) is 72.9 Å². The number of rotatable bonds is 43. The van der Waals surface area contributed by atoms with Crippen LogP contribution in [0.25, 0.3) is 0 Å². The first-order valence-electron chi connectivity index (χ1n) is 24.2. The second-order valence-electron chi connectivity index (χ2n) is 17.1. The first-order chi connectivity index (χ1) is 29.5. The average molecular weight is 877 g/mol. The molecule has 0 amide bonds. The van der Waals surface area contributed by atoms with E-state index in [2.05, 4.69) is 86.8 Å². The van der Waals surface area contributed by atoms with Crippen molar-refractivity contribution in [2.45, 2.75) is 193 Å². The van der Waals surface area contributed by atoms with Crippen molar-refractivity contribution in [2.75, 3.05) is 47.5 Å². The molecule has 0 bridgehead atoms. The normalized spacial score (nSPS) is 14.1. The third-order valence-corrected chi connectivity index (χ3v) is 11.0. The number of phosphoric acid groups is 1. The molecule has 0 saturated carbocycles. The zero-order valence-corrected chi connectivity index (χ0v) is 40.5. The lowest BCUT2D eigenvalue weighted by Gasteiger charge is -2.24. The largest absolute Gasteiger partial charge is 0.472 e. The van der Waals surface area contributed by atoms with Crippen LogP contribution in [-0.4, -0.2) is 74.9 Å². The molecule has 0 aliphatic carbocycles. The number of hydrogen-bond donors (Lipinski definition) is 1. The molecule has 1 N–H and O–H groups in total. The lowest BCUT2D eigenvalue weighted by atomic mass is 10.1. The molecule has 0 aliphatic rings. The van der Waals surface area contributed by atoms with Crippen molar-refractivity contribution in [2.24, 2.45) is 0 Å². The lowest BCUT2D eigenvalue weighted by molar-refractivity contribution is -0.870. The number of phosphoric ester groups is 1. The molecule has 352 valence electrons. The Morgan fingerprint density at radius 3 is 1.39 bits per heavy atom. The van der Waals surface area contributed by atoms with Crippen LogP contribution in [-0.2, 0) is 32.7 Å². The SMILES string of the molecule is CC/C=C\C/C=C\C/C=C\C/C=C\CCCCCCCCCCC(=O)OC(COC(=O)CCCCCCC/C=C\C/C=C\CCCCCC)COP(=O)(O)OCC[N+](C)(C)C. The highest BCUT2D eigenvalue weighted by Crippen LogP contribution is 2.43. The number of nitrogens with zero attached hydrogens (tertiary/aromatic N) is 1. The van der Waals surface area contributed by atoms with Crippen LogP contribution in [0.3, 0.4) is 0 Å². The van der Waals surface area contributed by atoms with E-state index in [4.69, 9.17) is 18.5 Å². The Bertz CT molecular complexity index is 1270. The summed E-state index contributed by atoms with van der Waals surface area (Å²) >= 11 is 0. The quantitative estimate of drug-likeness (QED) is 0.0212. The van der Waals surface area contributed by atoms with Crippen LogP contribution in [0.15, 0.2) is 72.9 Å². The van der Waals surface area contributed by atoms with Crippen LogP contribution in [0.2, 0.25) is 0 Å². The Kier molecular flexibility index (Phi) is 40.9. The minimum atomic E-state index is -4.39. The summed E-state index contributed by atoms with van der Waals surface area (Å²) in [5, 5.41) is 0. The van der Waals surface area contributed by atoms with Gasteiger partial charge in [-0.1, -0.05) is 164 Å². The number of unbranched alkanes of at least 4 members (excludes halogenated alkanes) is 17. The summed E-state index contributed by atoms with van der Waals surface area (Å²) in [4.78, 5) is 35.5. The van der Waals surface area contributed by atoms with Gasteiger partial charge in [-0.3, -0.25) is 18.6 Å². The summed E-state index contributed by atoms with van der Waals surface area (Å²) in [6.07, 6.45) is 53.7. The number of quaternary nitrogens is 1. The standard InChI is InChI=1S/C51H90NO8P/c1-6-8-10-12-14-16-18-20-22-24-25-26-27-28-30-32-34-36-38-40-42-44-51(54)60-49(48-59-61(55,56)58-46-45-52(3,4)5)47-57-50(53)43-41-39-37-35-33-31-29-23-21-19-17-15-13-11-9-7-2/h8,10,14,16-17,19-20,22-23,25-26,29,49H,6-7,9,11-13,15,18,21,24,27-28,30-48H2,1-5H3/p+1/b10-8-,16-14-,19-17-,22-20-,26-25-,29-23-. The summed E-state index contributed by atoms with van der Waals surface area (Å²) in [5.74, 6) is -0.827. The Morgan fingerprint density at radius 1 is 0.525 bits per heavy atom. The molecule has 0 aromatic heterocycles. The van der Waals surface area contributed by atoms with E-state index >= 15 is 0 Å². The fourth-order valence-electron chi connectivity index (χ4n) is 6.21. The van der Waals surface area contributed by atoms with E-state index in [1.165, 1.54) is 57.8 Å². The third-order valence-electron chi connectivity index (χ3n) is 9.97. The molecule has 0 rings (SSSR count). The highest BCUT2D eigenvalue weighted by atomic mass is 31.2. The number of likely N-dealkylation sites (N-methyl/N-ethyl adjacent to an activating group) is 1. The average Bonchev–Trinajstić information content (AvgIpc) is 3.21. The summed E-state index contributed by atoms with van der Waals surface area (Å²) in [7, 11) is 1.45. The maximum atomic E-state index is 12.7. The van der Waals surface area contributed by atoms with Crippen molar-refractivity contribution in [3.63, 3.8) is 0 Å². The van der Waals surface area contributed by atoms with Crippen LogP contribution in [0.1, 0.15) is 187 Å². The second-order valence-corrected chi connectivity index (χ2v) is 18.6. The Hall–Kier alpha value is -2.55. The minimum absolute atomic E-state index is 0.0242. The zero-order chi connectivity index (χ0) is 45.0. The molecule has 0 radical (unpaired) electrons. The first kappa shape index (κ1) is 58.5. The molecule has 2 atom stereocenters. The first-order valence-corrected chi connectivity index (χ1v) is 25.7. The van der Waals surface area contributed by atoms with Crippen LogP contribution in [0.5, 0.6) is 0 Å². The predicted molar refractivity (Wildman–Crippen MR) is 256 cm³/mol. The van der Waals surface area contributed by atoms with Crippen LogP contribution in [0, 0.1) is 0 Å². The van der Waals surface area contributed by atoms with Gasteiger partial charge in [0.2, 0.25) is 0 Å². The Balaban J connectivity index is 4.34. The summed E-state index contributed by atoms with van der Waals surface area (Å²) in [6, 6.07) is 0. The molecule has 0 saturated heterocycles. The molecule has 9 nitrogen and oxygen atoms in total. The van der Waals surface area contributed by atoms with Crippen molar-refractivity contribution in [1.29, 1.82) is 0 Å². The van der Waals surface area contributed by atoms with Gasteiger partial charge in [-0.05, 0) is 83.5 Å². The monoisotopic (exact) mass is 877 g/mol. The second kappa shape index (κ2) is 42.7. The molecular formula is C51H91NO8P+. The van der Waals surface area contributed by atoms with Crippen molar-refractivity contribution in [1.82, 2.24) is 0 Å². The van der Waals surface area contributed by atoms with Gasteiger partial charge in [0.1, 0.15) is 19.8 Å².